The van der Waals surface area contributed by atoms with Crippen LogP contribution in [0.1, 0.15) is 56.9 Å². The monoisotopic (exact) mass is 455 g/mol. The van der Waals surface area contributed by atoms with Crippen LogP contribution in [0.3, 0.4) is 0 Å². The number of aromatic amines is 1. The van der Waals surface area contributed by atoms with Crippen LogP contribution in [0, 0.1) is 11.7 Å². The molecule has 2 saturated heterocycles. The Kier molecular flexibility index (Phi) is 6.86. The fourth-order valence-electron chi connectivity index (χ4n) is 4.24. The lowest BCUT2D eigenvalue weighted by molar-refractivity contribution is -0.148. The number of piperidine rings is 1. The summed E-state index contributed by atoms with van der Waals surface area (Å²) in [6, 6.07) is 6.76. The van der Waals surface area contributed by atoms with Crippen LogP contribution >= 0.6 is 0 Å². The molecular formula is C24H26FN3O5. The number of Topliss-reactive ketones (excluding diaryl/α,β-unsaturated/α-hetero) is 1. The molecule has 0 radical (unpaired) electrons. The minimum Gasteiger partial charge on any atom is -0.457 e. The second kappa shape index (κ2) is 9.97. The molecule has 2 amide bonds. The molecule has 1 unspecified atom stereocenters. The van der Waals surface area contributed by atoms with Crippen LogP contribution in [0.2, 0.25) is 0 Å². The van der Waals surface area contributed by atoms with Crippen molar-refractivity contribution in [2.75, 3.05) is 32.8 Å². The third kappa shape index (κ3) is 5.30. The van der Waals surface area contributed by atoms with Crippen LogP contribution in [-0.2, 0) is 9.53 Å². The highest BCUT2D eigenvalue weighted by Crippen LogP contribution is 2.20. The van der Waals surface area contributed by atoms with Crippen molar-refractivity contribution in [2.24, 2.45) is 5.92 Å². The largest absolute Gasteiger partial charge is 0.457 e. The van der Waals surface area contributed by atoms with E-state index in [2.05, 4.69) is 4.98 Å². The van der Waals surface area contributed by atoms with Crippen molar-refractivity contribution >= 4 is 23.6 Å². The molecule has 1 aromatic heterocycles. The standard InChI is InChI=1S/C24H26FN3O5/c25-19-7-5-16(6-8-19)22(30)28-11-3-4-17(14-28)24(32)33-15-21(29)18-12-20(26-13-18)23(31)27-9-1-2-10-27/h5-8,12-13,17,26H,1-4,9-11,14-15H2. The van der Waals surface area contributed by atoms with Crippen molar-refractivity contribution in [3.8, 4) is 0 Å². The van der Waals surface area contributed by atoms with Gasteiger partial charge in [0.05, 0.1) is 5.92 Å². The number of hydrogen-bond acceptors (Lipinski definition) is 5. The lowest BCUT2D eigenvalue weighted by atomic mass is 9.97. The van der Waals surface area contributed by atoms with E-state index in [1.165, 1.54) is 36.5 Å². The molecule has 2 aliphatic rings. The minimum absolute atomic E-state index is 0.142. The van der Waals surface area contributed by atoms with Crippen molar-refractivity contribution in [3.63, 3.8) is 0 Å². The van der Waals surface area contributed by atoms with Crippen molar-refractivity contribution in [3.05, 3.63) is 59.2 Å². The lowest BCUT2D eigenvalue weighted by Gasteiger charge is -2.31. The predicted molar refractivity (Wildman–Crippen MR) is 116 cm³/mol. The number of ether oxygens (including phenoxy) is 1. The van der Waals surface area contributed by atoms with Gasteiger partial charge >= 0.3 is 5.97 Å². The zero-order valence-electron chi connectivity index (χ0n) is 18.2. The van der Waals surface area contributed by atoms with Gasteiger partial charge in [0.2, 0.25) is 5.78 Å². The number of esters is 1. The maximum Gasteiger partial charge on any atom is 0.311 e. The number of benzene rings is 1. The number of aromatic nitrogens is 1. The summed E-state index contributed by atoms with van der Waals surface area (Å²) >= 11 is 0. The van der Waals surface area contributed by atoms with Crippen LogP contribution in [-0.4, -0.2) is 71.1 Å². The number of ketones is 1. The van der Waals surface area contributed by atoms with Crippen molar-refractivity contribution in [2.45, 2.75) is 25.7 Å². The van der Waals surface area contributed by atoms with Gasteiger partial charge < -0.3 is 19.5 Å². The summed E-state index contributed by atoms with van der Waals surface area (Å²) in [5.74, 6) is -2.32. The number of likely N-dealkylation sites (tertiary alicyclic amines) is 2. The number of hydrogen-bond donors (Lipinski definition) is 1. The van der Waals surface area contributed by atoms with Gasteiger partial charge in [0.15, 0.2) is 6.61 Å². The molecule has 1 atom stereocenters. The van der Waals surface area contributed by atoms with E-state index >= 15 is 0 Å². The van der Waals surface area contributed by atoms with Crippen LogP contribution in [0.4, 0.5) is 4.39 Å². The van der Waals surface area contributed by atoms with Crippen molar-refractivity contribution < 1.29 is 28.3 Å². The molecular weight excluding hydrogens is 429 g/mol. The Morgan fingerprint density at radius 2 is 1.64 bits per heavy atom. The van der Waals surface area contributed by atoms with Crippen LogP contribution < -0.4 is 0 Å². The maximum absolute atomic E-state index is 13.1. The summed E-state index contributed by atoms with van der Waals surface area (Å²) in [6.45, 7) is 1.66. The molecule has 1 N–H and O–H groups in total. The first kappa shape index (κ1) is 22.7. The van der Waals surface area contributed by atoms with E-state index in [-0.39, 0.29) is 23.9 Å². The van der Waals surface area contributed by atoms with E-state index in [1.54, 1.807) is 9.80 Å². The first-order chi connectivity index (χ1) is 15.9. The highest BCUT2D eigenvalue weighted by atomic mass is 19.1. The van der Waals surface area contributed by atoms with Crippen LogP contribution in [0.5, 0.6) is 0 Å². The summed E-state index contributed by atoms with van der Waals surface area (Å²) < 4.78 is 18.3. The third-order valence-electron chi connectivity index (χ3n) is 6.11. The SMILES string of the molecule is O=C(COC(=O)C1CCCN(C(=O)c2ccc(F)cc2)C1)c1c[nH]c(C(=O)N2CCCC2)c1. The summed E-state index contributed by atoms with van der Waals surface area (Å²) in [6.07, 6.45) is 4.58. The molecule has 4 rings (SSSR count). The molecule has 1 aromatic carbocycles. The van der Waals surface area contributed by atoms with Gasteiger partial charge in [-0.25, -0.2) is 4.39 Å². The molecule has 9 heteroatoms. The fraction of sp³-hybridized carbons (Fsp3) is 0.417. The second-order valence-corrected chi connectivity index (χ2v) is 8.43. The second-order valence-electron chi connectivity index (χ2n) is 8.43. The number of carbonyl (C=O) groups is 4. The van der Waals surface area contributed by atoms with Gasteiger partial charge in [-0.15, -0.1) is 0 Å². The normalized spacial score (nSPS) is 18.3. The van der Waals surface area contributed by atoms with E-state index in [0.717, 1.165) is 12.8 Å². The predicted octanol–water partition coefficient (Wildman–Crippen LogP) is 2.67. The Morgan fingerprint density at radius 1 is 0.939 bits per heavy atom. The van der Waals surface area contributed by atoms with Crippen LogP contribution in [0.25, 0.3) is 0 Å². The molecule has 0 saturated carbocycles. The van der Waals surface area contributed by atoms with E-state index in [0.29, 0.717) is 43.7 Å². The van der Waals surface area contributed by atoms with Crippen molar-refractivity contribution in [1.29, 1.82) is 0 Å². The summed E-state index contributed by atoms with van der Waals surface area (Å²) in [5, 5.41) is 0. The molecule has 33 heavy (non-hydrogen) atoms. The van der Waals surface area contributed by atoms with Crippen molar-refractivity contribution in [1.82, 2.24) is 14.8 Å². The molecule has 174 valence electrons. The van der Waals surface area contributed by atoms with Gasteiger partial charge in [-0.3, -0.25) is 19.2 Å². The first-order valence-corrected chi connectivity index (χ1v) is 11.1. The van der Waals surface area contributed by atoms with Gasteiger partial charge in [-0.1, -0.05) is 0 Å². The summed E-state index contributed by atoms with van der Waals surface area (Å²) in [5.41, 5.74) is 0.975. The molecule has 2 aromatic rings. The average Bonchev–Trinajstić information content (AvgIpc) is 3.55. The quantitative estimate of drug-likeness (QED) is 0.533. The van der Waals surface area contributed by atoms with Gasteiger partial charge in [-0.2, -0.15) is 0 Å². The molecule has 0 bridgehead atoms. The number of halogens is 1. The van der Waals surface area contributed by atoms with Gasteiger partial charge in [-0.05, 0) is 56.0 Å². The number of rotatable bonds is 6. The van der Waals surface area contributed by atoms with E-state index in [1.807, 2.05) is 0 Å². The highest BCUT2D eigenvalue weighted by molar-refractivity contribution is 6.01. The van der Waals surface area contributed by atoms with E-state index in [9.17, 15) is 23.6 Å². The lowest BCUT2D eigenvalue weighted by Crippen LogP contribution is -2.43. The third-order valence-corrected chi connectivity index (χ3v) is 6.11. The average molecular weight is 455 g/mol. The first-order valence-electron chi connectivity index (χ1n) is 11.1. The Balaban J connectivity index is 1.29. The van der Waals surface area contributed by atoms with Gasteiger partial charge in [0.25, 0.3) is 11.8 Å². The summed E-state index contributed by atoms with van der Waals surface area (Å²) in [7, 11) is 0. The molecule has 0 spiro atoms. The van der Waals surface area contributed by atoms with Crippen LogP contribution in [0.15, 0.2) is 36.5 Å². The number of amides is 2. The molecule has 2 fully saturated rings. The Hall–Kier alpha value is -3.49. The molecule has 2 aliphatic heterocycles. The highest BCUT2D eigenvalue weighted by Gasteiger charge is 2.30. The number of carbonyl (C=O) groups excluding carboxylic acids is 4. The Morgan fingerprint density at radius 3 is 2.36 bits per heavy atom. The maximum atomic E-state index is 13.1. The zero-order chi connectivity index (χ0) is 23.4. The zero-order valence-corrected chi connectivity index (χ0v) is 18.2. The van der Waals surface area contributed by atoms with Gasteiger partial charge in [0, 0.05) is 43.5 Å². The molecule has 8 nitrogen and oxygen atoms in total. The molecule has 0 aliphatic carbocycles. The number of nitrogens with one attached hydrogen (secondary N) is 1. The van der Waals surface area contributed by atoms with Gasteiger partial charge in [0.1, 0.15) is 11.5 Å². The Labute approximate surface area is 190 Å². The number of nitrogens with zero attached hydrogens (tertiary/aromatic N) is 2. The fourth-order valence-corrected chi connectivity index (χ4v) is 4.24. The topological polar surface area (TPSA) is 99.8 Å². The van der Waals surface area contributed by atoms with E-state index in [4.69, 9.17) is 4.74 Å². The Bertz CT molecular complexity index is 1040. The van der Waals surface area contributed by atoms with E-state index < -0.39 is 30.1 Å². The smallest absolute Gasteiger partial charge is 0.311 e. The minimum atomic E-state index is -0.538. The number of H-pyrrole nitrogens is 1. The summed E-state index contributed by atoms with van der Waals surface area (Å²) in [4.78, 5) is 56.2. The molecule has 3 heterocycles.